The first kappa shape index (κ1) is 15.7. The largest absolute Gasteiger partial charge is 0.379 e. The zero-order valence-corrected chi connectivity index (χ0v) is 12.6. The molecule has 1 fully saturated rings. The van der Waals surface area contributed by atoms with Gasteiger partial charge in [0.15, 0.2) is 0 Å². The van der Waals surface area contributed by atoms with Crippen LogP contribution < -0.4 is 10.6 Å². The summed E-state index contributed by atoms with van der Waals surface area (Å²) in [5, 5.41) is 0. The summed E-state index contributed by atoms with van der Waals surface area (Å²) in [6.07, 6.45) is 3.87. The van der Waals surface area contributed by atoms with E-state index in [1.54, 1.807) is 18.3 Å². The summed E-state index contributed by atoms with van der Waals surface area (Å²) in [5.74, 6) is 0.372. The number of carbonyl (C=O) groups excluding carboxylic acids is 1. The molecule has 0 aliphatic carbocycles. The molecule has 0 unspecified atom stereocenters. The highest BCUT2D eigenvalue weighted by Gasteiger charge is 2.10. The van der Waals surface area contributed by atoms with Crippen LogP contribution in [0.5, 0.6) is 0 Å². The summed E-state index contributed by atoms with van der Waals surface area (Å²) in [7, 11) is 1.99. The number of pyridine rings is 1. The molecule has 0 bridgehead atoms. The van der Waals surface area contributed by atoms with E-state index >= 15 is 0 Å². The zero-order valence-electron chi connectivity index (χ0n) is 12.6. The minimum Gasteiger partial charge on any atom is -0.379 e. The van der Waals surface area contributed by atoms with Gasteiger partial charge < -0.3 is 15.4 Å². The van der Waals surface area contributed by atoms with E-state index in [9.17, 15) is 4.79 Å². The molecule has 1 aliphatic heterocycles. The van der Waals surface area contributed by atoms with Crippen LogP contribution in [0.4, 0.5) is 5.82 Å². The van der Waals surface area contributed by atoms with Gasteiger partial charge in [-0.25, -0.2) is 4.98 Å². The number of hydrogen-bond acceptors (Lipinski definition) is 5. The van der Waals surface area contributed by atoms with Crippen LogP contribution in [0.1, 0.15) is 23.2 Å². The lowest BCUT2D eigenvalue weighted by Gasteiger charge is -2.26. The number of unbranched alkanes of at least 4 members (excludes halogenated alkanes) is 1. The number of morpholine rings is 1. The van der Waals surface area contributed by atoms with Crippen LogP contribution in [0.2, 0.25) is 0 Å². The summed E-state index contributed by atoms with van der Waals surface area (Å²) in [5.41, 5.74) is 5.79. The van der Waals surface area contributed by atoms with Gasteiger partial charge in [-0.2, -0.15) is 0 Å². The van der Waals surface area contributed by atoms with Gasteiger partial charge in [0.1, 0.15) is 5.82 Å². The first-order valence-electron chi connectivity index (χ1n) is 7.44. The Kier molecular flexibility index (Phi) is 5.95. The number of rotatable bonds is 7. The van der Waals surface area contributed by atoms with Crippen LogP contribution in [-0.4, -0.2) is 62.2 Å². The molecule has 0 atom stereocenters. The number of amides is 1. The average Bonchev–Trinajstić information content (AvgIpc) is 2.52. The third-order valence-corrected chi connectivity index (χ3v) is 3.74. The second-order valence-corrected chi connectivity index (χ2v) is 5.35. The number of carbonyl (C=O) groups is 1. The topological polar surface area (TPSA) is 71.7 Å². The highest BCUT2D eigenvalue weighted by atomic mass is 16.5. The smallest absolute Gasteiger partial charge is 0.248 e. The van der Waals surface area contributed by atoms with E-state index in [1.165, 1.54) is 0 Å². The molecule has 2 N–H and O–H groups in total. The van der Waals surface area contributed by atoms with Crippen molar-refractivity contribution in [1.82, 2.24) is 9.88 Å². The Morgan fingerprint density at radius 1 is 1.43 bits per heavy atom. The predicted octanol–water partition coefficient (Wildman–Crippen LogP) is 0.729. The van der Waals surface area contributed by atoms with Crippen molar-refractivity contribution in [3.63, 3.8) is 0 Å². The van der Waals surface area contributed by atoms with Crippen molar-refractivity contribution < 1.29 is 9.53 Å². The lowest BCUT2D eigenvalue weighted by molar-refractivity contribution is 0.0372. The number of nitrogens with zero attached hydrogens (tertiary/aromatic N) is 3. The first-order chi connectivity index (χ1) is 10.2. The molecule has 0 spiro atoms. The Labute approximate surface area is 125 Å². The van der Waals surface area contributed by atoms with Crippen molar-refractivity contribution >= 4 is 11.7 Å². The second-order valence-electron chi connectivity index (χ2n) is 5.35. The Balaban J connectivity index is 1.72. The summed E-state index contributed by atoms with van der Waals surface area (Å²) in [6.45, 7) is 5.81. The maximum absolute atomic E-state index is 11.2. The summed E-state index contributed by atoms with van der Waals surface area (Å²) < 4.78 is 5.34. The van der Waals surface area contributed by atoms with Crippen molar-refractivity contribution in [2.24, 2.45) is 5.73 Å². The van der Waals surface area contributed by atoms with Crippen LogP contribution in [-0.2, 0) is 4.74 Å². The SMILES string of the molecule is CN(CCCCN1CCOCC1)c1cc(C(N)=O)ccn1. The molecule has 0 saturated carbocycles. The van der Waals surface area contributed by atoms with E-state index in [-0.39, 0.29) is 0 Å². The van der Waals surface area contributed by atoms with Crippen molar-refractivity contribution in [2.75, 3.05) is 51.3 Å². The molecule has 1 aromatic heterocycles. The lowest BCUT2D eigenvalue weighted by atomic mass is 10.2. The van der Waals surface area contributed by atoms with Gasteiger partial charge in [-0.05, 0) is 31.5 Å². The Morgan fingerprint density at radius 2 is 2.19 bits per heavy atom. The van der Waals surface area contributed by atoms with Gasteiger partial charge in [0.05, 0.1) is 13.2 Å². The summed E-state index contributed by atoms with van der Waals surface area (Å²) >= 11 is 0. The molecule has 0 radical (unpaired) electrons. The molecule has 6 nitrogen and oxygen atoms in total. The first-order valence-corrected chi connectivity index (χ1v) is 7.44. The zero-order chi connectivity index (χ0) is 15.1. The van der Waals surface area contributed by atoms with Crippen molar-refractivity contribution in [1.29, 1.82) is 0 Å². The van der Waals surface area contributed by atoms with Gasteiger partial charge in [0, 0.05) is 38.4 Å². The van der Waals surface area contributed by atoms with Crippen LogP contribution in [0.25, 0.3) is 0 Å². The molecule has 21 heavy (non-hydrogen) atoms. The quantitative estimate of drug-likeness (QED) is 0.750. The molecule has 2 heterocycles. The van der Waals surface area contributed by atoms with E-state index in [1.807, 2.05) is 7.05 Å². The third-order valence-electron chi connectivity index (χ3n) is 3.74. The van der Waals surface area contributed by atoms with Gasteiger partial charge in [-0.1, -0.05) is 0 Å². The highest BCUT2D eigenvalue weighted by molar-refractivity contribution is 5.93. The Morgan fingerprint density at radius 3 is 2.90 bits per heavy atom. The number of primary amides is 1. The van der Waals surface area contributed by atoms with Crippen molar-refractivity contribution in [3.8, 4) is 0 Å². The van der Waals surface area contributed by atoms with Gasteiger partial charge in [-0.3, -0.25) is 9.69 Å². The maximum Gasteiger partial charge on any atom is 0.248 e. The standard InChI is InChI=1S/C15H24N4O2/c1-18(14-12-13(15(16)20)4-5-17-14)6-2-3-7-19-8-10-21-11-9-19/h4-5,12H,2-3,6-11H2,1H3,(H2,16,20). The molecule has 1 saturated heterocycles. The fraction of sp³-hybridized carbons (Fsp3) is 0.600. The lowest BCUT2D eigenvalue weighted by Crippen LogP contribution is -2.37. The highest BCUT2D eigenvalue weighted by Crippen LogP contribution is 2.11. The molecule has 1 amide bonds. The van der Waals surface area contributed by atoms with Crippen LogP contribution in [0, 0.1) is 0 Å². The number of anilines is 1. The average molecular weight is 292 g/mol. The van der Waals surface area contributed by atoms with Gasteiger partial charge in [0.2, 0.25) is 5.91 Å². The summed E-state index contributed by atoms with van der Waals surface area (Å²) in [4.78, 5) is 20.0. The monoisotopic (exact) mass is 292 g/mol. The molecule has 2 rings (SSSR count). The van der Waals surface area contributed by atoms with Crippen LogP contribution >= 0.6 is 0 Å². The minimum absolute atomic E-state index is 0.417. The van der Waals surface area contributed by atoms with E-state index in [0.717, 1.165) is 58.1 Å². The predicted molar refractivity (Wildman–Crippen MR) is 82.5 cm³/mol. The fourth-order valence-electron chi connectivity index (χ4n) is 2.40. The Hall–Kier alpha value is -1.66. The van der Waals surface area contributed by atoms with Crippen molar-refractivity contribution in [2.45, 2.75) is 12.8 Å². The van der Waals surface area contributed by atoms with E-state index in [0.29, 0.717) is 5.56 Å². The maximum atomic E-state index is 11.2. The van der Waals surface area contributed by atoms with Crippen LogP contribution in [0.15, 0.2) is 18.3 Å². The number of hydrogen-bond donors (Lipinski definition) is 1. The Bertz CT molecular complexity index is 461. The number of aromatic nitrogens is 1. The van der Waals surface area contributed by atoms with Gasteiger partial charge in [-0.15, -0.1) is 0 Å². The normalized spacial score (nSPS) is 15.9. The minimum atomic E-state index is -0.417. The van der Waals surface area contributed by atoms with Gasteiger partial charge in [0.25, 0.3) is 0 Å². The van der Waals surface area contributed by atoms with E-state index in [4.69, 9.17) is 10.5 Å². The molecule has 0 aromatic carbocycles. The molecule has 1 aliphatic rings. The molecular weight excluding hydrogens is 268 g/mol. The van der Waals surface area contributed by atoms with Crippen molar-refractivity contribution in [3.05, 3.63) is 23.9 Å². The second kappa shape index (κ2) is 7.95. The number of ether oxygens (including phenoxy) is 1. The molecular formula is C15H24N4O2. The molecule has 116 valence electrons. The number of nitrogens with two attached hydrogens (primary N) is 1. The summed E-state index contributed by atoms with van der Waals surface area (Å²) in [6, 6.07) is 3.38. The molecule has 1 aromatic rings. The molecule has 6 heteroatoms. The van der Waals surface area contributed by atoms with E-state index in [2.05, 4.69) is 14.8 Å². The van der Waals surface area contributed by atoms with E-state index < -0.39 is 5.91 Å². The van der Waals surface area contributed by atoms with Crippen LogP contribution in [0.3, 0.4) is 0 Å². The fourth-order valence-corrected chi connectivity index (χ4v) is 2.40. The third kappa shape index (κ3) is 4.99. The van der Waals surface area contributed by atoms with Gasteiger partial charge >= 0.3 is 0 Å².